The van der Waals surface area contributed by atoms with Crippen molar-refractivity contribution >= 4 is 58.3 Å². The number of hydrogen-bond acceptors (Lipinski definition) is 1. The van der Waals surface area contributed by atoms with Crippen molar-refractivity contribution < 1.29 is 4.79 Å². The Balaban J connectivity index is 3.32. The van der Waals surface area contributed by atoms with Crippen molar-refractivity contribution in [2.45, 2.75) is 0 Å². The van der Waals surface area contributed by atoms with Gasteiger partial charge in [-0.2, -0.15) is 0 Å². The van der Waals surface area contributed by atoms with Crippen molar-refractivity contribution in [2.75, 3.05) is 0 Å². The number of allylic oxidation sites excluding steroid dienone is 3. The number of carbonyl (C=O) groups excluding carboxylic acids is 1. The van der Waals surface area contributed by atoms with Crippen molar-refractivity contribution in [3.8, 4) is 0 Å². The van der Waals surface area contributed by atoms with Crippen LogP contribution in [0.3, 0.4) is 0 Å². The molecule has 0 N–H and O–H groups in total. The maximum absolute atomic E-state index is 11.0. The fourth-order valence-corrected chi connectivity index (χ4v) is 1.70. The highest BCUT2D eigenvalue weighted by molar-refractivity contribution is 6.62. The minimum Gasteiger partial charge on any atom is -0.298 e. The van der Waals surface area contributed by atoms with E-state index in [2.05, 4.69) is 0 Å². The molecular formula is C11H6Cl4O. The highest BCUT2D eigenvalue weighted by atomic mass is 35.5. The molecule has 0 heterocycles. The Morgan fingerprint density at radius 2 is 1.50 bits per heavy atom. The summed E-state index contributed by atoms with van der Waals surface area (Å²) in [6, 6.07) is 8.86. The van der Waals surface area contributed by atoms with Crippen LogP contribution in [-0.2, 0) is 4.79 Å². The van der Waals surface area contributed by atoms with Gasteiger partial charge < -0.3 is 0 Å². The third-order valence-electron chi connectivity index (χ3n) is 1.80. The molecule has 0 radical (unpaired) electrons. The number of aldehydes is 1. The summed E-state index contributed by atoms with van der Waals surface area (Å²) in [7, 11) is 0. The van der Waals surface area contributed by atoms with E-state index in [4.69, 9.17) is 46.4 Å². The van der Waals surface area contributed by atoms with Gasteiger partial charge in [0.2, 0.25) is 0 Å². The van der Waals surface area contributed by atoms with E-state index in [0.717, 1.165) is 0 Å². The van der Waals surface area contributed by atoms with Crippen LogP contribution in [0.25, 0.3) is 5.57 Å². The molecule has 0 aliphatic rings. The van der Waals surface area contributed by atoms with Gasteiger partial charge in [0.15, 0.2) is 6.29 Å². The number of halogens is 4. The molecule has 1 rings (SSSR count). The summed E-state index contributed by atoms with van der Waals surface area (Å²) in [5.41, 5.74) is 0.890. The fraction of sp³-hybridized carbons (Fsp3) is 0. The zero-order valence-electron chi connectivity index (χ0n) is 7.88. The maximum atomic E-state index is 11.0. The number of benzene rings is 1. The molecule has 0 saturated heterocycles. The highest BCUT2D eigenvalue weighted by Crippen LogP contribution is 2.32. The van der Waals surface area contributed by atoms with Gasteiger partial charge in [-0.15, -0.1) is 0 Å². The van der Waals surface area contributed by atoms with E-state index in [1.165, 1.54) is 0 Å². The predicted octanol–water partition coefficient (Wildman–Crippen LogP) is 4.72. The Morgan fingerprint density at radius 3 is 1.94 bits per heavy atom. The number of rotatable bonds is 3. The molecule has 0 aliphatic heterocycles. The van der Waals surface area contributed by atoms with Crippen LogP contribution >= 0.6 is 46.4 Å². The predicted molar refractivity (Wildman–Crippen MR) is 69.9 cm³/mol. The summed E-state index contributed by atoms with van der Waals surface area (Å²) in [6.07, 6.45) is 0.608. The minimum absolute atomic E-state index is 0.0304. The number of hydrogen-bond donors (Lipinski definition) is 0. The summed E-state index contributed by atoms with van der Waals surface area (Å²) in [5, 5.41) is -0.0150. The van der Waals surface area contributed by atoms with Crippen LogP contribution < -0.4 is 0 Å². The molecule has 0 aromatic heterocycles. The van der Waals surface area contributed by atoms with Crippen LogP contribution in [0.2, 0.25) is 0 Å². The molecule has 0 aliphatic carbocycles. The second-order valence-electron chi connectivity index (χ2n) is 2.79. The molecule has 1 aromatic carbocycles. The minimum atomic E-state index is -0.179. The molecular weight excluding hydrogens is 290 g/mol. The lowest BCUT2D eigenvalue weighted by atomic mass is 10.1. The maximum Gasteiger partial charge on any atom is 0.152 e. The van der Waals surface area contributed by atoms with Crippen molar-refractivity contribution in [1.82, 2.24) is 0 Å². The SMILES string of the molecule is O=C/C(=C(/Cl)C(Cl)=C(Cl)Cl)c1ccccc1. The van der Waals surface area contributed by atoms with Gasteiger partial charge >= 0.3 is 0 Å². The van der Waals surface area contributed by atoms with Gasteiger partial charge in [-0.05, 0) is 5.56 Å². The highest BCUT2D eigenvalue weighted by Gasteiger charge is 2.12. The second-order valence-corrected chi connectivity index (χ2v) is 4.49. The molecule has 84 valence electrons. The molecule has 16 heavy (non-hydrogen) atoms. The van der Waals surface area contributed by atoms with Crippen molar-refractivity contribution in [3.05, 3.63) is 50.5 Å². The van der Waals surface area contributed by atoms with E-state index in [0.29, 0.717) is 11.8 Å². The van der Waals surface area contributed by atoms with E-state index in [1.54, 1.807) is 24.3 Å². The first-order chi connectivity index (χ1) is 7.57. The van der Waals surface area contributed by atoms with E-state index in [9.17, 15) is 4.79 Å². The third-order valence-corrected chi connectivity index (χ3v) is 3.24. The Kier molecular flexibility index (Phi) is 5.36. The van der Waals surface area contributed by atoms with Gasteiger partial charge in [0.1, 0.15) is 4.49 Å². The first kappa shape index (κ1) is 13.6. The molecule has 0 fully saturated rings. The van der Waals surface area contributed by atoms with Gasteiger partial charge in [-0.1, -0.05) is 76.7 Å². The topological polar surface area (TPSA) is 17.1 Å². The molecule has 5 heteroatoms. The first-order valence-corrected chi connectivity index (χ1v) is 5.70. The Bertz CT molecular complexity index is 444. The first-order valence-electron chi connectivity index (χ1n) is 4.19. The van der Waals surface area contributed by atoms with Crippen LogP contribution in [0, 0.1) is 0 Å². The van der Waals surface area contributed by atoms with Gasteiger partial charge in [-0.3, -0.25) is 4.79 Å². The van der Waals surface area contributed by atoms with Crippen LogP contribution in [0.4, 0.5) is 0 Å². The molecule has 1 nitrogen and oxygen atoms in total. The van der Waals surface area contributed by atoms with E-state index in [-0.39, 0.29) is 20.1 Å². The van der Waals surface area contributed by atoms with Crippen LogP contribution in [0.1, 0.15) is 5.56 Å². The standard InChI is InChI=1S/C11H6Cl4O/c12-9(10(13)11(14)15)8(6-16)7-4-2-1-3-5-7/h1-6H/b9-8-. The Hall–Kier alpha value is -0.470. The molecule has 0 spiro atoms. The third kappa shape index (κ3) is 3.26. The van der Waals surface area contributed by atoms with Crippen LogP contribution in [0.15, 0.2) is 44.9 Å². The fourth-order valence-electron chi connectivity index (χ4n) is 1.07. The normalized spacial score (nSPS) is 11.8. The summed E-state index contributed by atoms with van der Waals surface area (Å²) >= 11 is 22.7. The summed E-state index contributed by atoms with van der Waals surface area (Å²) in [4.78, 5) is 11.0. The smallest absolute Gasteiger partial charge is 0.152 e. The zero-order chi connectivity index (χ0) is 12.1. The monoisotopic (exact) mass is 294 g/mol. The summed E-state index contributed by atoms with van der Waals surface area (Å²) in [6.45, 7) is 0. The molecule has 1 aromatic rings. The van der Waals surface area contributed by atoms with E-state index >= 15 is 0 Å². The molecule has 0 unspecified atom stereocenters. The lowest BCUT2D eigenvalue weighted by molar-refractivity contribution is -0.103. The number of carbonyl (C=O) groups is 1. The lowest BCUT2D eigenvalue weighted by Crippen LogP contribution is -1.90. The average molecular weight is 296 g/mol. The average Bonchev–Trinajstić information content (AvgIpc) is 2.30. The molecule has 0 amide bonds. The van der Waals surface area contributed by atoms with E-state index in [1.807, 2.05) is 6.07 Å². The van der Waals surface area contributed by atoms with Crippen LogP contribution in [0.5, 0.6) is 0 Å². The van der Waals surface area contributed by atoms with Crippen molar-refractivity contribution in [2.24, 2.45) is 0 Å². The van der Waals surface area contributed by atoms with Crippen LogP contribution in [-0.4, -0.2) is 6.29 Å². The summed E-state index contributed by atoms with van der Waals surface area (Å²) in [5.74, 6) is 0. The van der Waals surface area contributed by atoms with Gasteiger partial charge in [0, 0.05) is 5.57 Å². The van der Waals surface area contributed by atoms with Gasteiger partial charge in [0.05, 0.1) is 10.1 Å². The zero-order valence-corrected chi connectivity index (χ0v) is 10.9. The summed E-state index contributed by atoms with van der Waals surface area (Å²) < 4.78 is -0.179. The van der Waals surface area contributed by atoms with Crippen molar-refractivity contribution in [3.63, 3.8) is 0 Å². The quantitative estimate of drug-likeness (QED) is 0.448. The molecule has 0 bridgehead atoms. The Labute approximate surface area is 113 Å². The Morgan fingerprint density at radius 1 is 0.938 bits per heavy atom. The van der Waals surface area contributed by atoms with Crippen molar-refractivity contribution in [1.29, 1.82) is 0 Å². The van der Waals surface area contributed by atoms with Gasteiger partial charge in [0.25, 0.3) is 0 Å². The molecule has 0 saturated carbocycles. The van der Waals surface area contributed by atoms with E-state index < -0.39 is 0 Å². The largest absolute Gasteiger partial charge is 0.298 e. The lowest BCUT2D eigenvalue weighted by Gasteiger charge is -2.04. The molecule has 0 atom stereocenters. The second kappa shape index (κ2) is 6.31. The van der Waals surface area contributed by atoms with Gasteiger partial charge in [-0.25, -0.2) is 0 Å².